The van der Waals surface area contributed by atoms with Crippen molar-refractivity contribution in [3.05, 3.63) is 29.3 Å². The molecule has 0 fully saturated rings. The highest BCUT2D eigenvalue weighted by Gasteiger charge is 2.17. The van der Waals surface area contributed by atoms with Gasteiger partial charge in [-0.15, -0.1) is 0 Å². The number of carbonyl (C=O) groups is 2. The molecular weight excluding hydrogens is 252 g/mol. The number of aryl methyl sites for hydroxylation is 1. The number of fused-ring (bicyclic) bond motifs is 1. The van der Waals surface area contributed by atoms with E-state index < -0.39 is 0 Å². The Morgan fingerprint density at radius 3 is 2.85 bits per heavy atom. The fourth-order valence-electron chi connectivity index (χ4n) is 2.68. The zero-order chi connectivity index (χ0) is 14.5. The standard InChI is InChI=1S/C16H22N2O2/c1-12(19)13-7-8-15-14(11-13)5-3-9-18(15)10-4-6-16(20)17-2/h7-8,11H,3-6,9-10H2,1-2H3,(H,17,20). The molecule has 0 unspecified atom stereocenters. The molecule has 1 N–H and O–H groups in total. The number of carbonyl (C=O) groups excluding carboxylic acids is 2. The molecule has 4 nitrogen and oxygen atoms in total. The first-order valence-electron chi connectivity index (χ1n) is 7.21. The molecule has 0 saturated carbocycles. The summed E-state index contributed by atoms with van der Waals surface area (Å²) < 4.78 is 0. The van der Waals surface area contributed by atoms with Crippen LogP contribution in [-0.4, -0.2) is 31.8 Å². The molecule has 0 aliphatic carbocycles. The zero-order valence-electron chi connectivity index (χ0n) is 12.2. The highest BCUT2D eigenvalue weighted by molar-refractivity contribution is 5.94. The largest absolute Gasteiger partial charge is 0.371 e. The first-order chi connectivity index (χ1) is 9.61. The van der Waals surface area contributed by atoms with Crippen molar-refractivity contribution in [2.45, 2.75) is 32.6 Å². The topological polar surface area (TPSA) is 49.4 Å². The molecule has 0 aromatic heterocycles. The third-order valence-corrected chi connectivity index (χ3v) is 3.81. The Balaban J connectivity index is 2.04. The number of rotatable bonds is 5. The van der Waals surface area contributed by atoms with Crippen LogP contribution in [0.25, 0.3) is 0 Å². The minimum Gasteiger partial charge on any atom is -0.371 e. The molecule has 108 valence electrons. The number of nitrogens with zero attached hydrogens (tertiary/aromatic N) is 1. The average molecular weight is 274 g/mol. The van der Waals surface area contributed by atoms with Crippen LogP contribution in [-0.2, 0) is 11.2 Å². The molecule has 0 atom stereocenters. The Bertz CT molecular complexity index is 511. The van der Waals surface area contributed by atoms with Gasteiger partial charge in [-0.05, 0) is 49.9 Å². The smallest absolute Gasteiger partial charge is 0.219 e. The molecule has 20 heavy (non-hydrogen) atoms. The van der Waals surface area contributed by atoms with Gasteiger partial charge >= 0.3 is 0 Å². The van der Waals surface area contributed by atoms with Gasteiger partial charge in [0, 0.05) is 37.8 Å². The summed E-state index contributed by atoms with van der Waals surface area (Å²) in [5, 5.41) is 2.65. The maximum Gasteiger partial charge on any atom is 0.219 e. The Labute approximate surface area is 120 Å². The van der Waals surface area contributed by atoms with Crippen LogP contribution in [0, 0.1) is 0 Å². The third kappa shape index (κ3) is 3.38. The van der Waals surface area contributed by atoms with E-state index in [1.807, 2.05) is 18.2 Å². The molecule has 1 amide bonds. The van der Waals surface area contributed by atoms with E-state index in [2.05, 4.69) is 10.2 Å². The van der Waals surface area contributed by atoms with Gasteiger partial charge in [0.25, 0.3) is 0 Å². The van der Waals surface area contributed by atoms with Crippen LogP contribution in [0.2, 0.25) is 0 Å². The predicted molar refractivity (Wildman–Crippen MR) is 80.3 cm³/mol. The van der Waals surface area contributed by atoms with Crippen molar-refractivity contribution >= 4 is 17.4 Å². The lowest BCUT2D eigenvalue weighted by Crippen LogP contribution is -2.31. The van der Waals surface area contributed by atoms with E-state index in [1.165, 1.54) is 11.3 Å². The molecule has 1 aromatic rings. The molecule has 1 aliphatic heterocycles. The number of anilines is 1. The van der Waals surface area contributed by atoms with Gasteiger partial charge in [-0.1, -0.05) is 0 Å². The van der Waals surface area contributed by atoms with Gasteiger partial charge in [-0.2, -0.15) is 0 Å². The number of hydrogen-bond acceptors (Lipinski definition) is 3. The van der Waals surface area contributed by atoms with Crippen molar-refractivity contribution in [1.29, 1.82) is 0 Å². The molecule has 2 rings (SSSR count). The molecule has 0 spiro atoms. The van der Waals surface area contributed by atoms with Gasteiger partial charge in [0.1, 0.15) is 0 Å². The number of Topliss-reactive ketones (excluding diaryl/α,β-unsaturated/α-hetero) is 1. The van der Waals surface area contributed by atoms with Gasteiger partial charge in [0.05, 0.1) is 0 Å². The third-order valence-electron chi connectivity index (χ3n) is 3.81. The van der Waals surface area contributed by atoms with Crippen molar-refractivity contribution in [2.24, 2.45) is 0 Å². The van der Waals surface area contributed by atoms with Crippen LogP contribution in [0.1, 0.15) is 42.1 Å². The molecule has 1 aromatic carbocycles. The van der Waals surface area contributed by atoms with Crippen molar-refractivity contribution in [3.8, 4) is 0 Å². The first-order valence-corrected chi connectivity index (χ1v) is 7.21. The normalized spacial score (nSPS) is 13.8. The lowest BCUT2D eigenvalue weighted by molar-refractivity contribution is -0.120. The summed E-state index contributed by atoms with van der Waals surface area (Å²) in [6.45, 7) is 3.52. The van der Waals surface area contributed by atoms with E-state index in [0.29, 0.717) is 6.42 Å². The van der Waals surface area contributed by atoms with Crippen LogP contribution in [0.3, 0.4) is 0 Å². The van der Waals surface area contributed by atoms with Crippen molar-refractivity contribution in [1.82, 2.24) is 5.32 Å². The number of benzene rings is 1. The van der Waals surface area contributed by atoms with Crippen LogP contribution in [0.4, 0.5) is 5.69 Å². The minimum atomic E-state index is 0.0918. The number of amides is 1. The Morgan fingerprint density at radius 1 is 1.35 bits per heavy atom. The second-order valence-corrected chi connectivity index (χ2v) is 5.27. The summed E-state index contributed by atoms with van der Waals surface area (Å²) in [5.41, 5.74) is 3.26. The molecule has 4 heteroatoms. The summed E-state index contributed by atoms with van der Waals surface area (Å²) in [4.78, 5) is 25.0. The van der Waals surface area contributed by atoms with Gasteiger partial charge in [0.15, 0.2) is 5.78 Å². The molecule has 1 aliphatic rings. The highest BCUT2D eigenvalue weighted by atomic mass is 16.1. The van der Waals surface area contributed by atoms with E-state index in [-0.39, 0.29) is 11.7 Å². The fourth-order valence-corrected chi connectivity index (χ4v) is 2.68. The van der Waals surface area contributed by atoms with Crippen molar-refractivity contribution < 1.29 is 9.59 Å². The number of nitrogens with one attached hydrogen (secondary N) is 1. The van der Waals surface area contributed by atoms with Crippen molar-refractivity contribution in [3.63, 3.8) is 0 Å². The highest BCUT2D eigenvalue weighted by Crippen LogP contribution is 2.28. The molecule has 1 heterocycles. The van der Waals surface area contributed by atoms with Crippen LogP contribution < -0.4 is 10.2 Å². The van der Waals surface area contributed by atoms with E-state index in [1.54, 1.807) is 14.0 Å². The van der Waals surface area contributed by atoms with Gasteiger partial charge in [-0.3, -0.25) is 9.59 Å². The first kappa shape index (κ1) is 14.6. The summed E-state index contributed by atoms with van der Waals surface area (Å²) >= 11 is 0. The summed E-state index contributed by atoms with van der Waals surface area (Å²) in [5.74, 6) is 0.207. The van der Waals surface area contributed by atoms with E-state index in [9.17, 15) is 9.59 Å². The lowest BCUT2D eigenvalue weighted by atomic mass is 9.98. The average Bonchev–Trinajstić information content (AvgIpc) is 2.46. The second kappa shape index (κ2) is 6.55. The SMILES string of the molecule is CNC(=O)CCCN1CCCc2cc(C(C)=O)ccc21. The van der Waals surface area contributed by atoms with Gasteiger partial charge in [0.2, 0.25) is 5.91 Å². The number of ketones is 1. The molecule has 0 bridgehead atoms. The quantitative estimate of drug-likeness (QED) is 0.837. The molecule has 0 radical (unpaired) electrons. The number of hydrogen-bond donors (Lipinski definition) is 1. The van der Waals surface area contributed by atoms with Crippen LogP contribution in [0.5, 0.6) is 0 Å². The van der Waals surface area contributed by atoms with E-state index in [0.717, 1.165) is 37.9 Å². The Kier molecular flexibility index (Phi) is 4.77. The Hall–Kier alpha value is -1.84. The van der Waals surface area contributed by atoms with E-state index >= 15 is 0 Å². The molecular formula is C16H22N2O2. The Morgan fingerprint density at radius 2 is 2.15 bits per heavy atom. The molecule has 0 saturated heterocycles. The lowest BCUT2D eigenvalue weighted by Gasteiger charge is -2.31. The minimum absolute atomic E-state index is 0.0918. The maximum atomic E-state index is 11.4. The van der Waals surface area contributed by atoms with Crippen LogP contribution in [0.15, 0.2) is 18.2 Å². The summed E-state index contributed by atoms with van der Waals surface area (Å²) in [7, 11) is 1.67. The fraction of sp³-hybridized carbons (Fsp3) is 0.500. The van der Waals surface area contributed by atoms with Gasteiger partial charge in [-0.25, -0.2) is 0 Å². The zero-order valence-corrected chi connectivity index (χ0v) is 12.2. The monoisotopic (exact) mass is 274 g/mol. The summed E-state index contributed by atoms with van der Waals surface area (Å²) in [6, 6.07) is 5.96. The van der Waals surface area contributed by atoms with Crippen LogP contribution >= 0.6 is 0 Å². The summed E-state index contributed by atoms with van der Waals surface area (Å²) in [6.07, 6.45) is 3.55. The second-order valence-electron chi connectivity index (χ2n) is 5.27. The van der Waals surface area contributed by atoms with Crippen molar-refractivity contribution in [2.75, 3.05) is 25.0 Å². The van der Waals surface area contributed by atoms with E-state index in [4.69, 9.17) is 0 Å². The maximum absolute atomic E-state index is 11.4. The van der Waals surface area contributed by atoms with Gasteiger partial charge < -0.3 is 10.2 Å². The predicted octanol–water partition coefficient (Wildman–Crippen LogP) is 2.17.